The highest BCUT2D eigenvalue weighted by molar-refractivity contribution is 6.31. The molecule has 2 heterocycles. The van der Waals surface area contributed by atoms with E-state index in [4.69, 9.17) is 11.6 Å². The van der Waals surface area contributed by atoms with Crippen molar-refractivity contribution >= 4 is 28.3 Å². The maximum Gasteiger partial charge on any atom is 0.281 e. The zero-order chi connectivity index (χ0) is 15.9. The molecule has 10 heteroatoms. The number of halogens is 1. The Kier molecular flexibility index (Phi) is 3.33. The summed E-state index contributed by atoms with van der Waals surface area (Å²) in [6, 6.07) is 4.04. The minimum absolute atomic E-state index is 0.0630. The van der Waals surface area contributed by atoms with Crippen molar-refractivity contribution < 1.29 is 4.92 Å². The van der Waals surface area contributed by atoms with Crippen molar-refractivity contribution in [3.63, 3.8) is 0 Å². The summed E-state index contributed by atoms with van der Waals surface area (Å²) in [6.45, 7) is 0.0630. The molecule has 0 saturated carbocycles. The summed E-state index contributed by atoms with van der Waals surface area (Å²) in [5.41, 5.74) is 0.449. The molecule has 0 unspecified atom stereocenters. The van der Waals surface area contributed by atoms with Crippen molar-refractivity contribution in [2.24, 2.45) is 7.05 Å². The lowest BCUT2D eigenvalue weighted by Gasteiger charge is -2.05. The molecule has 112 valence electrons. The Morgan fingerprint density at radius 1 is 1.41 bits per heavy atom. The second-order valence-electron chi connectivity index (χ2n) is 4.59. The Balaban J connectivity index is 2.02. The van der Waals surface area contributed by atoms with Crippen LogP contribution in [0.4, 0.5) is 5.69 Å². The number of fused-ring (bicyclic) bond motifs is 1. The van der Waals surface area contributed by atoms with Crippen LogP contribution in [0.15, 0.2) is 29.2 Å². The van der Waals surface area contributed by atoms with Gasteiger partial charge in [-0.15, -0.1) is 5.10 Å². The van der Waals surface area contributed by atoms with Crippen molar-refractivity contribution in [3.8, 4) is 0 Å². The van der Waals surface area contributed by atoms with Gasteiger partial charge in [0.25, 0.3) is 11.2 Å². The van der Waals surface area contributed by atoms with Crippen LogP contribution in [0.2, 0.25) is 5.02 Å². The normalized spacial score (nSPS) is 11.0. The molecule has 3 rings (SSSR count). The average molecular weight is 321 g/mol. The Labute approximate surface area is 127 Å². The van der Waals surface area contributed by atoms with Crippen LogP contribution >= 0.6 is 11.6 Å². The van der Waals surface area contributed by atoms with E-state index in [9.17, 15) is 14.9 Å². The molecule has 0 aliphatic heterocycles. The predicted octanol–water partition coefficient (Wildman–Crippen LogP) is 1.13. The zero-order valence-corrected chi connectivity index (χ0v) is 12.1. The fraction of sp³-hybridized carbons (Fsp3) is 0.167. The first-order valence-electron chi connectivity index (χ1n) is 6.15. The van der Waals surface area contributed by atoms with Crippen LogP contribution in [0.3, 0.4) is 0 Å². The van der Waals surface area contributed by atoms with Gasteiger partial charge in [-0.3, -0.25) is 14.9 Å². The second kappa shape index (κ2) is 5.19. The van der Waals surface area contributed by atoms with Crippen LogP contribution < -0.4 is 5.56 Å². The highest BCUT2D eigenvalue weighted by atomic mass is 35.5. The first-order valence-corrected chi connectivity index (χ1v) is 6.53. The molecule has 0 atom stereocenters. The number of aryl methyl sites for hydroxylation is 1. The van der Waals surface area contributed by atoms with Gasteiger partial charge in [0.15, 0.2) is 5.65 Å². The van der Waals surface area contributed by atoms with E-state index in [1.165, 1.54) is 29.1 Å². The van der Waals surface area contributed by atoms with E-state index in [2.05, 4.69) is 15.4 Å². The quantitative estimate of drug-likeness (QED) is 0.528. The third-order valence-corrected chi connectivity index (χ3v) is 3.54. The van der Waals surface area contributed by atoms with E-state index in [-0.39, 0.29) is 22.8 Å². The second-order valence-corrected chi connectivity index (χ2v) is 5.00. The Morgan fingerprint density at radius 3 is 2.86 bits per heavy atom. The molecule has 2 aromatic heterocycles. The van der Waals surface area contributed by atoms with Crippen molar-refractivity contribution in [1.29, 1.82) is 0 Å². The average Bonchev–Trinajstić information content (AvgIpc) is 2.86. The van der Waals surface area contributed by atoms with Gasteiger partial charge in [-0.2, -0.15) is 5.10 Å². The first kappa shape index (κ1) is 14.1. The smallest absolute Gasteiger partial charge is 0.267 e. The van der Waals surface area contributed by atoms with Crippen LogP contribution in [0, 0.1) is 10.1 Å². The van der Waals surface area contributed by atoms with E-state index in [1.54, 1.807) is 7.05 Å². The van der Waals surface area contributed by atoms with E-state index < -0.39 is 4.92 Å². The van der Waals surface area contributed by atoms with Gasteiger partial charge in [0.05, 0.1) is 22.7 Å². The van der Waals surface area contributed by atoms with Crippen molar-refractivity contribution in [2.75, 3.05) is 0 Å². The number of benzene rings is 1. The number of hydrogen-bond donors (Lipinski definition) is 0. The molecule has 0 N–H and O–H groups in total. The molecular formula is C12H9ClN6O3. The number of hydrogen-bond acceptors (Lipinski definition) is 6. The lowest BCUT2D eigenvalue weighted by atomic mass is 10.2. The molecule has 0 saturated heterocycles. The summed E-state index contributed by atoms with van der Waals surface area (Å²) in [4.78, 5) is 22.4. The molecule has 0 aliphatic rings. The van der Waals surface area contributed by atoms with Gasteiger partial charge in [-0.05, 0) is 11.6 Å². The lowest BCUT2D eigenvalue weighted by molar-refractivity contribution is -0.384. The SMILES string of the molecule is Cn1ncc2c(=O)n(Cc3ccc([N+](=O)[O-])cc3Cl)nnc21. The Bertz CT molecular complexity index is 948. The number of non-ortho nitro benzene ring substituents is 1. The minimum atomic E-state index is -0.538. The lowest BCUT2D eigenvalue weighted by Crippen LogP contribution is -2.24. The number of rotatable bonds is 3. The van der Waals surface area contributed by atoms with E-state index in [0.29, 0.717) is 16.6 Å². The molecular weight excluding hydrogens is 312 g/mol. The first-order chi connectivity index (χ1) is 10.5. The molecule has 0 aliphatic carbocycles. The minimum Gasteiger partial charge on any atom is -0.267 e. The Hall–Kier alpha value is -2.81. The molecule has 9 nitrogen and oxygen atoms in total. The Morgan fingerprint density at radius 2 is 2.18 bits per heavy atom. The number of nitro groups is 1. The van der Waals surface area contributed by atoms with E-state index in [1.807, 2.05) is 0 Å². The summed E-state index contributed by atoms with van der Waals surface area (Å²) in [6.07, 6.45) is 1.42. The van der Waals surface area contributed by atoms with Crippen molar-refractivity contribution in [3.05, 3.63) is 55.5 Å². The van der Waals surface area contributed by atoms with Crippen LogP contribution in [-0.2, 0) is 13.6 Å². The highest BCUT2D eigenvalue weighted by Crippen LogP contribution is 2.22. The summed E-state index contributed by atoms with van der Waals surface area (Å²) in [7, 11) is 1.66. The van der Waals surface area contributed by atoms with Gasteiger partial charge in [0.2, 0.25) is 0 Å². The zero-order valence-electron chi connectivity index (χ0n) is 11.3. The van der Waals surface area contributed by atoms with Crippen molar-refractivity contribution in [2.45, 2.75) is 6.54 Å². The molecule has 3 aromatic rings. The maximum absolute atomic E-state index is 12.3. The molecule has 1 aromatic carbocycles. The number of nitro benzene ring substituents is 1. The molecule has 0 amide bonds. The molecule has 0 bridgehead atoms. The van der Waals surface area contributed by atoms with Gasteiger partial charge in [-0.25, -0.2) is 9.36 Å². The standard InChI is InChI=1S/C12H9ClN6O3/c1-17-11-9(5-14-17)12(20)18(16-15-11)6-7-2-3-8(19(21)22)4-10(7)13/h2-5H,6H2,1H3. The van der Waals surface area contributed by atoms with Crippen LogP contribution in [0.5, 0.6) is 0 Å². The number of nitrogens with zero attached hydrogens (tertiary/aromatic N) is 6. The summed E-state index contributed by atoms with van der Waals surface area (Å²) in [5, 5.41) is 22.9. The molecule has 0 radical (unpaired) electrons. The summed E-state index contributed by atoms with van der Waals surface area (Å²) in [5.74, 6) is 0. The van der Waals surface area contributed by atoms with Gasteiger partial charge in [-0.1, -0.05) is 16.8 Å². The third-order valence-electron chi connectivity index (χ3n) is 3.19. The van der Waals surface area contributed by atoms with E-state index >= 15 is 0 Å². The molecule has 0 spiro atoms. The van der Waals surface area contributed by atoms with Gasteiger partial charge in [0, 0.05) is 19.2 Å². The van der Waals surface area contributed by atoms with Crippen LogP contribution in [0.1, 0.15) is 5.56 Å². The van der Waals surface area contributed by atoms with Gasteiger partial charge < -0.3 is 0 Å². The highest BCUT2D eigenvalue weighted by Gasteiger charge is 2.13. The predicted molar refractivity (Wildman–Crippen MR) is 77.8 cm³/mol. The van der Waals surface area contributed by atoms with Crippen molar-refractivity contribution in [1.82, 2.24) is 24.8 Å². The fourth-order valence-electron chi connectivity index (χ4n) is 2.02. The largest absolute Gasteiger partial charge is 0.281 e. The summed E-state index contributed by atoms with van der Waals surface area (Å²) < 4.78 is 2.59. The van der Waals surface area contributed by atoms with Crippen LogP contribution in [-0.4, -0.2) is 29.7 Å². The number of aromatic nitrogens is 5. The van der Waals surface area contributed by atoms with Gasteiger partial charge in [0.1, 0.15) is 5.39 Å². The van der Waals surface area contributed by atoms with Crippen LogP contribution in [0.25, 0.3) is 11.0 Å². The molecule has 22 heavy (non-hydrogen) atoms. The topological polar surface area (TPSA) is 109 Å². The third kappa shape index (κ3) is 2.31. The van der Waals surface area contributed by atoms with Gasteiger partial charge >= 0.3 is 0 Å². The summed E-state index contributed by atoms with van der Waals surface area (Å²) >= 11 is 6.01. The monoisotopic (exact) mass is 320 g/mol. The molecule has 0 fully saturated rings. The van der Waals surface area contributed by atoms with E-state index in [0.717, 1.165) is 4.68 Å². The fourth-order valence-corrected chi connectivity index (χ4v) is 2.25. The maximum atomic E-state index is 12.3.